The van der Waals surface area contributed by atoms with Crippen molar-refractivity contribution >= 4 is 17.7 Å². The molecule has 3 rings (SSSR count). The van der Waals surface area contributed by atoms with Gasteiger partial charge in [0.25, 0.3) is 5.91 Å². The first-order chi connectivity index (χ1) is 14.6. The predicted octanol–water partition coefficient (Wildman–Crippen LogP) is 2.81. The van der Waals surface area contributed by atoms with Crippen LogP contribution in [0.4, 0.5) is 10.5 Å². The Balaban J connectivity index is 1.44. The van der Waals surface area contributed by atoms with Gasteiger partial charge in [-0.1, -0.05) is 0 Å². The summed E-state index contributed by atoms with van der Waals surface area (Å²) >= 11 is 0. The second kappa shape index (κ2) is 9.80. The van der Waals surface area contributed by atoms with Gasteiger partial charge in [0.15, 0.2) is 6.61 Å². The van der Waals surface area contributed by atoms with E-state index in [0.29, 0.717) is 17.1 Å². The third-order valence-electron chi connectivity index (χ3n) is 5.37. The number of nitrogens with one attached hydrogen (secondary N) is 2. The van der Waals surface area contributed by atoms with Crippen LogP contribution in [0.25, 0.3) is 0 Å². The quantitative estimate of drug-likeness (QED) is 0.681. The fourth-order valence-corrected chi connectivity index (χ4v) is 3.66. The van der Waals surface area contributed by atoms with Crippen molar-refractivity contribution < 1.29 is 19.1 Å². The zero-order valence-corrected chi connectivity index (χ0v) is 19.3. The van der Waals surface area contributed by atoms with Gasteiger partial charge in [-0.05, 0) is 66.2 Å². The summed E-state index contributed by atoms with van der Waals surface area (Å²) in [7, 11) is 0. The van der Waals surface area contributed by atoms with E-state index in [-0.39, 0.29) is 24.6 Å². The largest absolute Gasteiger partial charge is 0.453 e. The summed E-state index contributed by atoms with van der Waals surface area (Å²) in [4.78, 5) is 35.3. The van der Waals surface area contributed by atoms with Crippen molar-refractivity contribution in [1.82, 2.24) is 20.2 Å². The van der Waals surface area contributed by atoms with Crippen LogP contribution in [0, 0.1) is 19.8 Å². The third-order valence-corrected chi connectivity index (χ3v) is 5.37. The summed E-state index contributed by atoms with van der Waals surface area (Å²) < 4.78 is 10.8. The van der Waals surface area contributed by atoms with E-state index in [1.54, 1.807) is 34.6 Å². The Morgan fingerprint density at radius 1 is 1.06 bits per heavy atom. The van der Waals surface area contributed by atoms with Crippen LogP contribution in [0.5, 0.6) is 6.01 Å². The highest BCUT2D eigenvalue weighted by Crippen LogP contribution is 2.30. The fourth-order valence-electron chi connectivity index (χ4n) is 3.66. The number of amides is 2. The van der Waals surface area contributed by atoms with Gasteiger partial charge in [-0.25, -0.2) is 4.79 Å². The Morgan fingerprint density at radius 3 is 2.23 bits per heavy atom. The van der Waals surface area contributed by atoms with Gasteiger partial charge in [-0.2, -0.15) is 9.97 Å². The van der Waals surface area contributed by atoms with Gasteiger partial charge in [-0.15, -0.1) is 0 Å². The number of anilines is 1. The van der Waals surface area contributed by atoms with Crippen LogP contribution >= 0.6 is 0 Å². The zero-order chi connectivity index (χ0) is 22.6. The molecule has 0 atom stereocenters. The third kappa shape index (κ3) is 7.65. The maximum Gasteiger partial charge on any atom is 0.412 e. The van der Waals surface area contributed by atoms with Crippen LogP contribution in [0.15, 0.2) is 0 Å². The minimum Gasteiger partial charge on any atom is -0.453 e. The molecule has 0 spiro atoms. The summed E-state index contributed by atoms with van der Waals surface area (Å²) in [6, 6.07) is 0.301. The molecule has 31 heavy (non-hydrogen) atoms. The van der Waals surface area contributed by atoms with Crippen LogP contribution in [0.3, 0.4) is 0 Å². The number of carbonyl (C=O) groups excluding carboxylic acids is 2. The van der Waals surface area contributed by atoms with E-state index in [0.717, 1.165) is 31.8 Å². The van der Waals surface area contributed by atoms with Crippen LogP contribution in [0.2, 0.25) is 0 Å². The molecule has 9 heteroatoms. The Labute approximate surface area is 184 Å². The lowest BCUT2D eigenvalue weighted by atomic mass is 10.0. The lowest BCUT2D eigenvalue weighted by molar-refractivity contribution is -0.124. The highest BCUT2D eigenvalue weighted by Gasteiger charge is 2.27. The summed E-state index contributed by atoms with van der Waals surface area (Å²) in [5.74, 6) is 0.729. The molecule has 2 amide bonds. The van der Waals surface area contributed by atoms with E-state index in [2.05, 4.69) is 25.5 Å². The highest BCUT2D eigenvalue weighted by molar-refractivity contribution is 5.86. The maximum absolute atomic E-state index is 12.3. The molecular formula is C22H35N5O4. The molecule has 1 saturated heterocycles. The Kier molecular flexibility index (Phi) is 7.35. The smallest absolute Gasteiger partial charge is 0.412 e. The van der Waals surface area contributed by atoms with Crippen molar-refractivity contribution in [3.8, 4) is 6.01 Å². The van der Waals surface area contributed by atoms with Crippen molar-refractivity contribution in [3.05, 3.63) is 11.4 Å². The molecule has 1 saturated carbocycles. The van der Waals surface area contributed by atoms with E-state index in [1.165, 1.54) is 19.4 Å². The Morgan fingerprint density at radius 2 is 1.68 bits per heavy atom. The van der Waals surface area contributed by atoms with Gasteiger partial charge < -0.3 is 19.7 Å². The summed E-state index contributed by atoms with van der Waals surface area (Å²) in [5.41, 5.74) is 0.953. The van der Waals surface area contributed by atoms with Crippen molar-refractivity contribution in [2.24, 2.45) is 5.92 Å². The molecule has 2 aliphatic rings. The minimum atomic E-state index is -0.600. The van der Waals surface area contributed by atoms with Gasteiger partial charge in [0, 0.05) is 25.7 Å². The van der Waals surface area contributed by atoms with Gasteiger partial charge in [0.05, 0.1) is 17.1 Å². The lowest BCUT2D eigenvalue weighted by Crippen LogP contribution is -2.46. The van der Waals surface area contributed by atoms with Crippen molar-refractivity contribution in [2.75, 3.05) is 31.6 Å². The molecule has 0 aromatic carbocycles. The number of ether oxygens (including phenoxy) is 2. The van der Waals surface area contributed by atoms with Gasteiger partial charge in [0.1, 0.15) is 5.60 Å². The number of aromatic nitrogens is 2. The molecule has 0 unspecified atom stereocenters. The van der Waals surface area contributed by atoms with Crippen LogP contribution in [0.1, 0.15) is 57.8 Å². The molecule has 9 nitrogen and oxygen atoms in total. The van der Waals surface area contributed by atoms with Crippen LogP contribution in [-0.2, 0) is 9.53 Å². The van der Waals surface area contributed by atoms with E-state index in [4.69, 9.17) is 9.47 Å². The number of likely N-dealkylation sites (tertiary alicyclic amines) is 1. The second-order valence-corrected chi connectivity index (χ2v) is 9.55. The Hall–Kier alpha value is -2.42. The molecule has 1 aromatic heterocycles. The molecule has 1 aliphatic carbocycles. The first kappa shape index (κ1) is 23.2. The first-order valence-corrected chi connectivity index (χ1v) is 11.1. The fraction of sp³-hybridized carbons (Fsp3) is 0.727. The summed E-state index contributed by atoms with van der Waals surface area (Å²) in [5, 5.41) is 5.72. The predicted molar refractivity (Wildman–Crippen MR) is 117 cm³/mol. The number of nitrogens with zero attached hydrogens (tertiary/aromatic N) is 3. The van der Waals surface area contributed by atoms with Crippen LogP contribution in [-0.4, -0.2) is 64.8 Å². The van der Waals surface area contributed by atoms with Gasteiger partial charge in [-0.3, -0.25) is 10.1 Å². The zero-order valence-electron chi connectivity index (χ0n) is 19.3. The summed E-state index contributed by atoms with van der Waals surface area (Å²) in [6.07, 6.45) is 4.11. The SMILES string of the molecule is Cc1nc(OCC(=O)NC2CCN(CC3CC3)CC2)nc(C)c1NC(=O)OC(C)(C)C. The molecule has 2 N–H and O–H groups in total. The van der Waals surface area contributed by atoms with Crippen molar-refractivity contribution in [2.45, 2.75) is 71.9 Å². The number of hydrogen-bond donors (Lipinski definition) is 2. The number of piperidine rings is 1. The first-order valence-electron chi connectivity index (χ1n) is 11.1. The van der Waals surface area contributed by atoms with Crippen molar-refractivity contribution in [3.63, 3.8) is 0 Å². The van der Waals surface area contributed by atoms with Crippen molar-refractivity contribution in [1.29, 1.82) is 0 Å². The lowest BCUT2D eigenvalue weighted by Gasteiger charge is -2.32. The Bertz CT molecular complexity index is 773. The minimum absolute atomic E-state index is 0.110. The number of hydrogen-bond acceptors (Lipinski definition) is 7. The summed E-state index contributed by atoms with van der Waals surface area (Å²) in [6.45, 7) is 12.0. The van der Waals surface area contributed by atoms with E-state index in [9.17, 15) is 9.59 Å². The van der Waals surface area contributed by atoms with Gasteiger partial charge in [0.2, 0.25) is 0 Å². The number of carbonyl (C=O) groups is 2. The molecule has 172 valence electrons. The van der Waals surface area contributed by atoms with E-state index >= 15 is 0 Å². The molecule has 1 aliphatic heterocycles. The normalized spacial score (nSPS) is 17.8. The van der Waals surface area contributed by atoms with Crippen LogP contribution < -0.4 is 15.4 Å². The topological polar surface area (TPSA) is 106 Å². The molecule has 2 fully saturated rings. The standard InChI is InChI=1S/C22H35N5O4/c1-14-19(26-21(29)31-22(3,4)5)15(2)24-20(23-14)30-13-18(28)25-17-8-10-27(11-9-17)12-16-6-7-16/h16-17H,6-13H2,1-5H3,(H,25,28)(H,26,29). The molecular weight excluding hydrogens is 398 g/mol. The van der Waals surface area contributed by atoms with E-state index in [1.807, 2.05) is 0 Å². The van der Waals surface area contributed by atoms with Gasteiger partial charge >= 0.3 is 12.1 Å². The average Bonchev–Trinajstić information content (AvgIpc) is 3.47. The molecule has 2 heterocycles. The monoisotopic (exact) mass is 433 g/mol. The highest BCUT2D eigenvalue weighted by atomic mass is 16.6. The number of rotatable bonds is 7. The molecule has 0 radical (unpaired) electrons. The molecule has 1 aromatic rings. The maximum atomic E-state index is 12.3. The number of aryl methyl sites for hydroxylation is 2. The molecule has 0 bridgehead atoms. The van der Waals surface area contributed by atoms with E-state index < -0.39 is 11.7 Å². The average molecular weight is 434 g/mol. The second-order valence-electron chi connectivity index (χ2n) is 9.55.